The van der Waals surface area contributed by atoms with Crippen LogP contribution in [0, 0.1) is 0 Å². The molecular weight excluding hydrogens is 449 g/mol. The van der Waals surface area contributed by atoms with Crippen LogP contribution in [0.4, 0.5) is 18.9 Å². The fraction of sp³-hybridized carbons (Fsp3) is 0.364. The molecule has 0 saturated carbocycles. The predicted octanol–water partition coefficient (Wildman–Crippen LogP) is 4.07. The molecule has 1 atom stereocenters. The van der Waals surface area contributed by atoms with Crippen LogP contribution in [0.1, 0.15) is 23.1 Å². The van der Waals surface area contributed by atoms with Crippen molar-refractivity contribution in [1.82, 2.24) is 4.90 Å². The molecule has 0 radical (unpaired) electrons. The average molecular weight is 469 g/mol. The first-order valence-corrected chi connectivity index (χ1v) is 10.2. The molecule has 170 valence electrons. The summed E-state index contributed by atoms with van der Waals surface area (Å²) in [7, 11) is 3.08. The van der Waals surface area contributed by atoms with Gasteiger partial charge in [0.2, 0.25) is 5.91 Å². The van der Waals surface area contributed by atoms with E-state index in [1.54, 1.807) is 7.11 Å². The fourth-order valence-corrected chi connectivity index (χ4v) is 4.44. The summed E-state index contributed by atoms with van der Waals surface area (Å²) in [6.45, 7) is 0.927. The van der Waals surface area contributed by atoms with Gasteiger partial charge in [-0.2, -0.15) is 13.2 Å². The molecule has 0 unspecified atom stereocenters. The maximum absolute atomic E-state index is 13.2. The highest BCUT2D eigenvalue weighted by Gasteiger charge is 2.44. The number of methoxy groups -OCH3 is 2. The Bertz CT molecular complexity index is 1090. The number of carbonyl (C=O) groups is 2. The highest BCUT2D eigenvalue weighted by atomic mass is 35.5. The zero-order chi connectivity index (χ0) is 23.2. The lowest BCUT2D eigenvalue weighted by molar-refractivity contribution is -0.137. The van der Waals surface area contributed by atoms with Gasteiger partial charge in [0.05, 0.1) is 43.0 Å². The summed E-state index contributed by atoms with van der Waals surface area (Å²) in [4.78, 5) is 28.4. The van der Waals surface area contributed by atoms with Gasteiger partial charge >= 0.3 is 6.18 Å². The topological polar surface area (TPSA) is 59.1 Å². The van der Waals surface area contributed by atoms with Crippen LogP contribution in [0.3, 0.4) is 0 Å². The molecule has 1 saturated heterocycles. The van der Waals surface area contributed by atoms with E-state index in [0.717, 1.165) is 28.2 Å². The number of fused-ring (bicyclic) bond motifs is 1. The summed E-state index contributed by atoms with van der Waals surface area (Å²) in [6, 6.07) is 6.01. The van der Waals surface area contributed by atoms with E-state index < -0.39 is 34.6 Å². The van der Waals surface area contributed by atoms with Gasteiger partial charge in [-0.05, 0) is 47.9 Å². The number of benzene rings is 2. The van der Waals surface area contributed by atoms with Crippen molar-refractivity contribution in [3.8, 4) is 11.5 Å². The van der Waals surface area contributed by atoms with E-state index in [1.165, 1.54) is 13.2 Å². The van der Waals surface area contributed by atoms with Crippen LogP contribution in [0.15, 0.2) is 30.3 Å². The minimum Gasteiger partial charge on any atom is -0.493 e. The molecule has 2 aliphatic rings. The Morgan fingerprint density at radius 2 is 1.69 bits per heavy atom. The molecule has 2 aliphatic heterocycles. The summed E-state index contributed by atoms with van der Waals surface area (Å²) in [6.07, 6.45) is -4.17. The number of nitrogens with zero attached hydrogens (tertiary/aromatic N) is 2. The second-order valence-electron chi connectivity index (χ2n) is 7.65. The van der Waals surface area contributed by atoms with Crippen molar-refractivity contribution in [2.75, 3.05) is 25.7 Å². The summed E-state index contributed by atoms with van der Waals surface area (Å²) >= 11 is 5.67. The SMILES string of the molecule is COc1cc2c(cc1OC)CN([C@H]1CC(=O)N(c3ccc(Cl)c(C(F)(F)F)c3)C1=O)CC2. The number of hydrogen-bond donors (Lipinski definition) is 0. The Morgan fingerprint density at radius 3 is 2.31 bits per heavy atom. The van der Waals surface area contributed by atoms with E-state index in [9.17, 15) is 22.8 Å². The van der Waals surface area contributed by atoms with Crippen LogP contribution >= 0.6 is 11.6 Å². The maximum Gasteiger partial charge on any atom is 0.417 e. The fourth-order valence-electron chi connectivity index (χ4n) is 4.21. The van der Waals surface area contributed by atoms with E-state index in [0.29, 0.717) is 31.0 Å². The third-order valence-electron chi connectivity index (χ3n) is 5.82. The normalized spacial score (nSPS) is 19.3. The Labute approximate surface area is 187 Å². The minimum absolute atomic E-state index is 0.106. The number of carbonyl (C=O) groups excluding carboxylic acids is 2. The van der Waals surface area contributed by atoms with Gasteiger partial charge in [-0.15, -0.1) is 0 Å². The van der Waals surface area contributed by atoms with Crippen LogP contribution in [0.2, 0.25) is 5.02 Å². The van der Waals surface area contributed by atoms with Gasteiger partial charge in [0, 0.05) is 13.1 Å². The van der Waals surface area contributed by atoms with Gasteiger partial charge in [0.15, 0.2) is 11.5 Å². The molecule has 0 spiro atoms. The van der Waals surface area contributed by atoms with Crippen LogP contribution in [-0.2, 0) is 28.7 Å². The van der Waals surface area contributed by atoms with Gasteiger partial charge in [-0.25, -0.2) is 4.90 Å². The molecule has 0 aliphatic carbocycles. The van der Waals surface area contributed by atoms with Crippen molar-refractivity contribution in [1.29, 1.82) is 0 Å². The molecule has 2 heterocycles. The molecule has 2 aromatic carbocycles. The van der Waals surface area contributed by atoms with Crippen LogP contribution in [-0.4, -0.2) is 43.5 Å². The summed E-state index contributed by atoms with van der Waals surface area (Å²) in [5.41, 5.74) is 0.773. The Balaban J connectivity index is 1.59. The maximum atomic E-state index is 13.2. The molecule has 6 nitrogen and oxygen atoms in total. The Morgan fingerprint density at radius 1 is 1.03 bits per heavy atom. The molecular formula is C22H20ClF3N2O4. The van der Waals surface area contributed by atoms with Crippen LogP contribution < -0.4 is 14.4 Å². The van der Waals surface area contributed by atoms with Crippen molar-refractivity contribution < 1.29 is 32.2 Å². The first kappa shape index (κ1) is 22.4. The summed E-state index contributed by atoms with van der Waals surface area (Å²) in [5.74, 6) is 0.0773. The van der Waals surface area contributed by atoms with E-state index in [2.05, 4.69) is 0 Å². The Hall–Kier alpha value is -2.78. The largest absolute Gasteiger partial charge is 0.493 e. The standard InChI is InChI=1S/C22H20ClF3N2O4/c1-31-18-7-12-5-6-27(11-13(12)8-19(18)32-2)17-10-20(29)28(21(17)30)14-3-4-16(23)15(9-14)22(24,25)26/h3-4,7-9,17H,5-6,10-11H2,1-2H3/t17-/m0/s1. The first-order chi connectivity index (χ1) is 15.1. The predicted molar refractivity (Wildman–Crippen MR) is 111 cm³/mol. The van der Waals surface area contributed by atoms with Crippen molar-refractivity contribution in [3.63, 3.8) is 0 Å². The molecule has 32 heavy (non-hydrogen) atoms. The Kier molecular flexibility index (Phi) is 5.81. The molecule has 0 aromatic heterocycles. The van der Waals surface area contributed by atoms with Gasteiger partial charge in [-0.3, -0.25) is 14.5 Å². The van der Waals surface area contributed by atoms with Crippen molar-refractivity contribution >= 4 is 29.1 Å². The molecule has 4 rings (SSSR count). The number of ether oxygens (including phenoxy) is 2. The van der Waals surface area contributed by atoms with E-state index in [1.807, 2.05) is 17.0 Å². The first-order valence-electron chi connectivity index (χ1n) is 9.85. The van der Waals surface area contributed by atoms with Gasteiger partial charge in [0.1, 0.15) is 0 Å². The average Bonchev–Trinajstić information content (AvgIpc) is 3.05. The van der Waals surface area contributed by atoms with E-state index in [-0.39, 0.29) is 12.1 Å². The van der Waals surface area contributed by atoms with Crippen molar-refractivity contribution in [2.24, 2.45) is 0 Å². The number of hydrogen-bond acceptors (Lipinski definition) is 5. The number of anilines is 1. The lowest BCUT2D eigenvalue weighted by Crippen LogP contribution is -2.44. The van der Waals surface area contributed by atoms with Crippen LogP contribution in [0.5, 0.6) is 11.5 Å². The summed E-state index contributed by atoms with van der Waals surface area (Å²) < 4.78 is 50.4. The van der Waals surface area contributed by atoms with Gasteiger partial charge in [0.25, 0.3) is 5.91 Å². The van der Waals surface area contributed by atoms with E-state index in [4.69, 9.17) is 21.1 Å². The minimum atomic E-state index is -4.70. The smallest absolute Gasteiger partial charge is 0.417 e. The van der Waals surface area contributed by atoms with E-state index >= 15 is 0 Å². The molecule has 1 fully saturated rings. The lowest BCUT2D eigenvalue weighted by Gasteiger charge is -2.32. The monoisotopic (exact) mass is 468 g/mol. The summed E-state index contributed by atoms with van der Waals surface area (Å²) in [5, 5.41) is -0.492. The second-order valence-corrected chi connectivity index (χ2v) is 8.05. The number of amides is 2. The number of imide groups is 1. The zero-order valence-corrected chi connectivity index (χ0v) is 18.1. The molecule has 2 aromatic rings. The zero-order valence-electron chi connectivity index (χ0n) is 17.3. The molecule has 0 N–H and O–H groups in total. The molecule has 10 heteroatoms. The van der Waals surface area contributed by atoms with Crippen molar-refractivity contribution in [3.05, 3.63) is 52.0 Å². The van der Waals surface area contributed by atoms with Crippen LogP contribution in [0.25, 0.3) is 0 Å². The highest BCUT2D eigenvalue weighted by Crippen LogP contribution is 2.39. The molecule has 0 bridgehead atoms. The van der Waals surface area contributed by atoms with Crippen molar-refractivity contribution in [2.45, 2.75) is 31.6 Å². The number of halogens is 4. The second kappa shape index (κ2) is 8.29. The quantitative estimate of drug-likeness (QED) is 0.633. The lowest BCUT2D eigenvalue weighted by atomic mass is 9.97. The van der Waals surface area contributed by atoms with Gasteiger partial charge in [-0.1, -0.05) is 11.6 Å². The molecule has 2 amide bonds. The number of rotatable bonds is 4. The number of alkyl halides is 3. The highest BCUT2D eigenvalue weighted by molar-refractivity contribution is 6.31. The van der Waals surface area contributed by atoms with Gasteiger partial charge < -0.3 is 9.47 Å². The third kappa shape index (κ3) is 3.91. The third-order valence-corrected chi connectivity index (χ3v) is 6.15.